The highest BCUT2D eigenvalue weighted by molar-refractivity contribution is 5.88. The van der Waals surface area contributed by atoms with Crippen LogP contribution >= 0.6 is 0 Å². The molecule has 0 aromatic heterocycles. The molecule has 2 aromatic rings. The van der Waals surface area contributed by atoms with E-state index in [4.69, 9.17) is 47.4 Å². The van der Waals surface area contributed by atoms with Crippen molar-refractivity contribution >= 4 is 24.1 Å². The molecule has 2 amide bonds. The maximum Gasteiger partial charge on any atom is 0.407 e. The summed E-state index contributed by atoms with van der Waals surface area (Å²) in [5.41, 5.74) is 0.693. The van der Waals surface area contributed by atoms with Gasteiger partial charge >= 0.3 is 24.1 Å². The van der Waals surface area contributed by atoms with Crippen LogP contribution in [0, 0.1) is 35.5 Å². The van der Waals surface area contributed by atoms with Gasteiger partial charge in [-0.05, 0) is 147 Å². The number of ether oxygens (including phenoxy) is 10. The lowest BCUT2D eigenvalue weighted by atomic mass is 9.82. The molecule has 18 heteroatoms. The maximum atomic E-state index is 12.6. The van der Waals surface area contributed by atoms with Crippen LogP contribution in [0.1, 0.15) is 133 Å². The molecule has 0 heterocycles. The maximum absolute atomic E-state index is 12.6. The molecule has 18 nitrogen and oxygen atoms in total. The van der Waals surface area contributed by atoms with Crippen LogP contribution in [0.25, 0.3) is 0 Å². The summed E-state index contributed by atoms with van der Waals surface area (Å²) in [7, 11) is 6.52. The van der Waals surface area contributed by atoms with Crippen LogP contribution < -0.4 is 29.6 Å². The van der Waals surface area contributed by atoms with Crippen molar-refractivity contribution in [1.29, 1.82) is 0 Å². The van der Waals surface area contributed by atoms with E-state index in [2.05, 4.69) is 50.2 Å². The van der Waals surface area contributed by atoms with Gasteiger partial charge < -0.3 is 68.2 Å². The highest BCUT2D eigenvalue weighted by atomic mass is 16.6. The minimum atomic E-state index is -1.30. The zero-order chi connectivity index (χ0) is 57.4. The summed E-state index contributed by atoms with van der Waals surface area (Å²) in [6.45, 7) is 25.1. The smallest absolute Gasteiger partial charge is 0.407 e. The molecule has 4 N–H and O–H groups in total. The number of carbonyl (C=O) groups excluding carboxylic acids is 4. The van der Waals surface area contributed by atoms with E-state index >= 15 is 0 Å². The third-order valence-electron chi connectivity index (χ3n) is 11.7. The number of aliphatic hydroxyl groups excluding tert-OH is 2. The van der Waals surface area contributed by atoms with Crippen molar-refractivity contribution in [3.05, 3.63) is 47.5 Å². The van der Waals surface area contributed by atoms with Crippen LogP contribution in [-0.2, 0) is 50.9 Å². The number of amides is 2. The summed E-state index contributed by atoms with van der Waals surface area (Å²) < 4.78 is 53.6. The van der Waals surface area contributed by atoms with Crippen molar-refractivity contribution in [3.8, 4) is 34.8 Å². The van der Waals surface area contributed by atoms with Gasteiger partial charge in [0.15, 0.2) is 23.0 Å². The van der Waals surface area contributed by atoms with Crippen LogP contribution in [-0.4, -0.2) is 138 Å². The first-order valence-electron chi connectivity index (χ1n) is 26.6. The summed E-state index contributed by atoms with van der Waals surface area (Å²) in [4.78, 5) is 48.7. The SMILES string of the molecule is CCOC(=O)C#C[C@H](O)[C@H](C[C@H](Cc1ccc(OC)c(OCCCOC)c1)C(C)C)NC(=O)OC(C)(C)C.CCOC(=O)CC[C@H](O)[C@H](C[C@H](Cc1ccc(OC)c(OCCCOC)c1)C(C)C)NC(=O)OC(C)(C)C. The number of benzene rings is 2. The van der Waals surface area contributed by atoms with Gasteiger partial charge in [-0.3, -0.25) is 4.79 Å². The Bertz CT molecular complexity index is 2050. The second-order valence-electron chi connectivity index (χ2n) is 21.1. The third kappa shape index (κ3) is 29.7. The Balaban J connectivity index is 0.000000760. The fraction of sp³-hybridized carbons (Fsp3) is 0.690. The molecule has 6 atom stereocenters. The third-order valence-corrected chi connectivity index (χ3v) is 11.7. The number of esters is 2. The Kier molecular flexibility index (Phi) is 32.9. The fourth-order valence-corrected chi connectivity index (χ4v) is 7.73. The van der Waals surface area contributed by atoms with Crippen molar-refractivity contribution in [3.63, 3.8) is 0 Å². The van der Waals surface area contributed by atoms with Crippen LogP contribution in [0.4, 0.5) is 9.59 Å². The Morgan fingerprint density at radius 1 is 0.605 bits per heavy atom. The summed E-state index contributed by atoms with van der Waals surface area (Å²) in [5, 5.41) is 27.4. The topological polar surface area (TPSA) is 225 Å². The second-order valence-corrected chi connectivity index (χ2v) is 21.1. The average molecular weight is 1080 g/mol. The molecule has 0 saturated heterocycles. The Labute approximate surface area is 454 Å². The molecule has 0 radical (unpaired) electrons. The molecule has 0 bridgehead atoms. The zero-order valence-electron chi connectivity index (χ0n) is 48.6. The first kappa shape index (κ1) is 68.5. The van der Waals surface area contributed by atoms with Gasteiger partial charge in [0.1, 0.15) is 17.3 Å². The zero-order valence-corrected chi connectivity index (χ0v) is 48.6. The van der Waals surface area contributed by atoms with E-state index in [-0.39, 0.29) is 55.7 Å². The van der Waals surface area contributed by atoms with Gasteiger partial charge in [-0.1, -0.05) is 45.7 Å². The molecule has 76 heavy (non-hydrogen) atoms. The molecule has 0 aliphatic carbocycles. The molecule has 432 valence electrons. The van der Waals surface area contributed by atoms with Gasteiger partial charge in [-0.25, -0.2) is 14.4 Å². The fourth-order valence-electron chi connectivity index (χ4n) is 7.73. The monoisotopic (exact) mass is 1070 g/mol. The molecule has 0 saturated carbocycles. The van der Waals surface area contributed by atoms with Crippen LogP contribution in [0.3, 0.4) is 0 Å². The van der Waals surface area contributed by atoms with Crippen molar-refractivity contribution in [2.45, 2.75) is 170 Å². The predicted molar refractivity (Wildman–Crippen MR) is 292 cm³/mol. The van der Waals surface area contributed by atoms with Crippen molar-refractivity contribution in [1.82, 2.24) is 10.6 Å². The number of methoxy groups -OCH3 is 4. The first-order chi connectivity index (χ1) is 35.8. The number of hydrogen-bond donors (Lipinski definition) is 4. The quantitative estimate of drug-likeness (QED) is 0.0182. The van der Waals surface area contributed by atoms with Gasteiger partial charge in [0.2, 0.25) is 0 Å². The van der Waals surface area contributed by atoms with Gasteiger partial charge in [-0.15, -0.1) is 0 Å². The number of carbonyl (C=O) groups is 4. The van der Waals surface area contributed by atoms with E-state index in [0.717, 1.165) is 24.0 Å². The summed E-state index contributed by atoms with van der Waals surface area (Å²) >= 11 is 0. The molecule has 0 unspecified atom stereocenters. The van der Waals surface area contributed by atoms with Crippen LogP contribution in [0.2, 0.25) is 0 Å². The molecule has 0 spiro atoms. The molecule has 0 aliphatic heterocycles. The lowest BCUT2D eigenvalue weighted by molar-refractivity contribution is -0.143. The number of alkyl carbamates (subject to hydrolysis) is 2. The molecule has 0 fully saturated rings. The highest BCUT2D eigenvalue weighted by Gasteiger charge is 2.31. The first-order valence-corrected chi connectivity index (χ1v) is 26.6. The van der Waals surface area contributed by atoms with E-state index in [1.54, 1.807) is 83.8 Å². The standard InChI is InChI=1S/C29H49NO8.C29H45NO8/c2*1-9-36-27(32)14-12-24(31)23(30-28(33)38-29(4,5)6)19-22(20(2)3)17-21-11-13-25(35-8)26(18-21)37-16-10-15-34-7/h11,13,18,20,22-24,31H,9-10,12,14-17,19H2,1-8H3,(H,30,33);11,13,18,20,22-24,31H,9-10,15-17,19H2,1-8H3,(H,30,33)/t2*22-,23-,24-/m00/s1. The Hall–Kier alpha value is -5.48. The number of hydrogen-bond acceptors (Lipinski definition) is 16. The summed E-state index contributed by atoms with van der Waals surface area (Å²) in [6, 6.07) is 10.3. The van der Waals surface area contributed by atoms with E-state index in [1.807, 2.05) is 36.4 Å². The van der Waals surface area contributed by atoms with Gasteiger partial charge in [-0.2, -0.15) is 0 Å². The predicted octanol–water partition coefficient (Wildman–Crippen LogP) is 9.05. The largest absolute Gasteiger partial charge is 0.493 e. The van der Waals surface area contributed by atoms with Crippen molar-refractivity contribution < 1.29 is 76.8 Å². The lowest BCUT2D eigenvalue weighted by Gasteiger charge is -2.31. The van der Waals surface area contributed by atoms with E-state index < -0.39 is 53.6 Å². The molecule has 2 aromatic carbocycles. The van der Waals surface area contributed by atoms with Gasteiger partial charge in [0.25, 0.3) is 0 Å². The minimum Gasteiger partial charge on any atom is -0.493 e. The Morgan fingerprint density at radius 2 is 1.04 bits per heavy atom. The minimum absolute atomic E-state index is 0.0451. The Morgan fingerprint density at radius 3 is 1.43 bits per heavy atom. The molecular formula is C58H94N2O16. The summed E-state index contributed by atoms with van der Waals surface area (Å²) in [5.74, 6) is 6.92. The number of nitrogens with one attached hydrogen (secondary N) is 2. The van der Waals surface area contributed by atoms with Gasteiger partial charge in [0.05, 0.1) is 58.8 Å². The van der Waals surface area contributed by atoms with Crippen LogP contribution in [0.5, 0.6) is 23.0 Å². The number of aliphatic hydroxyl groups is 2. The van der Waals surface area contributed by atoms with E-state index in [1.165, 1.54) is 0 Å². The van der Waals surface area contributed by atoms with E-state index in [9.17, 15) is 29.4 Å². The number of rotatable bonds is 31. The van der Waals surface area contributed by atoms with Gasteiger partial charge in [0, 0.05) is 52.6 Å². The van der Waals surface area contributed by atoms with Crippen molar-refractivity contribution in [2.75, 3.05) is 68.1 Å². The van der Waals surface area contributed by atoms with E-state index in [0.29, 0.717) is 75.1 Å². The molecule has 2 rings (SSSR count). The molecular weight excluding hydrogens is 981 g/mol. The normalized spacial score (nSPS) is 13.7. The van der Waals surface area contributed by atoms with Crippen molar-refractivity contribution in [2.24, 2.45) is 23.7 Å². The van der Waals surface area contributed by atoms with Crippen LogP contribution in [0.15, 0.2) is 36.4 Å². The molecule has 0 aliphatic rings. The average Bonchev–Trinajstić information content (AvgIpc) is 3.33. The lowest BCUT2D eigenvalue weighted by Crippen LogP contribution is -2.47. The summed E-state index contributed by atoms with van der Waals surface area (Å²) in [6.07, 6.45) is 0.488. The second kappa shape index (κ2) is 36.5. The highest BCUT2D eigenvalue weighted by Crippen LogP contribution is 2.33.